The largest absolute Gasteiger partial charge is 0.488 e. The summed E-state index contributed by atoms with van der Waals surface area (Å²) in [4.78, 5) is 27.9. The second-order valence-corrected chi connectivity index (χ2v) is 8.39. The topological polar surface area (TPSA) is 71.2 Å². The Morgan fingerprint density at radius 1 is 1.30 bits per heavy atom. The van der Waals surface area contributed by atoms with Crippen LogP contribution in [0.2, 0.25) is 0 Å². The molecule has 1 aliphatic carbocycles. The van der Waals surface area contributed by atoms with E-state index >= 15 is 0 Å². The predicted molar refractivity (Wildman–Crippen MR) is 108 cm³/mol. The van der Waals surface area contributed by atoms with E-state index in [0.29, 0.717) is 17.0 Å². The lowest BCUT2D eigenvalue weighted by Crippen LogP contribution is -2.28. The fourth-order valence-electron chi connectivity index (χ4n) is 4.31. The van der Waals surface area contributed by atoms with Crippen LogP contribution in [0.25, 0.3) is 0 Å². The Kier molecular flexibility index (Phi) is 4.62. The van der Waals surface area contributed by atoms with E-state index in [1.54, 1.807) is 0 Å². The van der Waals surface area contributed by atoms with Gasteiger partial charge in [0.15, 0.2) is 0 Å². The number of ether oxygens (including phenoxy) is 1. The number of nitrogens with one attached hydrogen (secondary N) is 2. The number of halogens is 1. The molecule has 1 fully saturated rings. The van der Waals surface area contributed by atoms with Gasteiger partial charge in [-0.25, -0.2) is 0 Å². The highest BCUT2D eigenvalue weighted by molar-refractivity contribution is 9.10. The molecule has 1 aromatic heterocycles. The Balaban J connectivity index is 1.61. The number of hydrogen-bond acceptors (Lipinski definition) is 3. The number of pyridine rings is 1. The molecule has 2 N–H and O–H groups in total. The zero-order valence-electron chi connectivity index (χ0n) is 15.7. The van der Waals surface area contributed by atoms with E-state index in [9.17, 15) is 9.59 Å². The third-order valence-electron chi connectivity index (χ3n) is 5.78. The molecule has 1 aromatic carbocycles. The highest BCUT2D eigenvalue weighted by Crippen LogP contribution is 2.51. The lowest BCUT2D eigenvalue weighted by molar-refractivity contribution is 0.0950. The van der Waals surface area contributed by atoms with Gasteiger partial charge in [-0.1, -0.05) is 0 Å². The summed E-state index contributed by atoms with van der Waals surface area (Å²) in [7, 11) is 0. The minimum atomic E-state index is -0.170. The first-order valence-electron chi connectivity index (χ1n) is 9.34. The van der Waals surface area contributed by atoms with Crippen molar-refractivity contribution < 1.29 is 9.53 Å². The molecule has 0 radical (unpaired) electrons. The molecule has 1 saturated carbocycles. The molecule has 2 aliphatic rings. The molecular formula is C21H23BrN2O3. The molecular weight excluding hydrogens is 408 g/mol. The maximum Gasteiger partial charge on any atom is 0.253 e. The number of carbonyl (C=O) groups is 1. The Morgan fingerprint density at radius 2 is 2.07 bits per heavy atom. The van der Waals surface area contributed by atoms with Crippen molar-refractivity contribution in [2.75, 3.05) is 0 Å². The van der Waals surface area contributed by atoms with Crippen molar-refractivity contribution in [2.24, 2.45) is 0 Å². The van der Waals surface area contributed by atoms with Crippen molar-refractivity contribution >= 4 is 21.8 Å². The molecule has 0 saturated heterocycles. The predicted octanol–water partition coefficient (Wildman–Crippen LogP) is 4.02. The Bertz CT molecular complexity index is 996. The standard InChI is InChI=1S/C21H23BrN2O3/c1-10-7-11(2)24-21(26)16(10)9-23-20(25)14-8-15-13-5-4-6-17(13)27-19(15)18(22)12(14)3/h7-8,13,17H,4-6,9H2,1-3H3,(H,23,25)(H,24,26)/t13-,17-/m0/s1. The van der Waals surface area contributed by atoms with Crippen LogP contribution < -0.4 is 15.6 Å². The number of benzene rings is 1. The lowest BCUT2D eigenvalue weighted by Gasteiger charge is -2.14. The number of carbonyl (C=O) groups excluding carboxylic acids is 1. The molecule has 1 aliphatic heterocycles. The van der Waals surface area contributed by atoms with Gasteiger partial charge in [-0.3, -0.25) is 9.59 Å². The average molecular weight is 431 g/mol. The van der Waals surface area contributed by atoms with Gasteiger partial charge in [0.25, 0.3) is 11.5 Å². The van der Waals surface area contributed by atoms with Crippen LogP contribution in [-0.2, 0) is 6.54 Å². The summed E-state index contributed by atoms with van der Waals surface area (Å²) < 4.78 is 6.99. The summed E-state index contributed by atoms with van der Waals surface area (Å²) in [5, 5.41) is 2.91. The third kappa shape index (κ3) is 3.10. The van der Waals surface area contributed by atoms with Crippen molar-refractivity contribution in [3.8, 4) is 5.75 Å². The first-order chi connectivity index (χ1) is 12.9. The maximum atomic E-state index is 12.9. The lowest BCUT2D eigenvalue weighted by atomic mass is 9.93. The number of aromatic nitrogens is 1. The summed E-state index contributed by atoms with van der Waals surface area (Å²) in [6.45, 7) is 5.86. The summed E-state index contributed by atoms with van der Waals surface area (Å²) in [6, 6.07) is 3.89. The van der Waals surface area contributed by atoms with Gasteiger partial charge in [0, 0.05) is 34.8 Å². The average Bonchev–Trinajstić information content (AvgIpc) is 3.18. The Labute approximate surface area is 166 Å². The Hall–Kier alpha value is -2.08. The van der Waals surface area contributed by atoms with Crippen LogP contribution in [0, 0.1) is 20.8 Å². The van der Waals surface area contributed by atoms with Crippen molar-refractivity contribution in [1.82, 2.24) is 10.3 Å². The second-order valence-electron chi connectivity index (χ2n) is 7.60. The van der Waals surface area contributed by atoms with Gasteiger partial charge in [0.05, 0.1) is 4.47 Å². The van der Waals surface area contributed by atoms with E-state index in [1.807, 2.05) is 32.9 Å². The van der Waals surface area contributed by atoms with Crippen LogP contribution in [0.5, 0.6) is 5.75 Å². The molecule has 2 heterocycles. The molecule has 6 heteroatoms. The zero-order valence-corrected chi connectivity index (χ0v) is 17.3. The van der Waals surface area contributed by atoms with Crippen LogP contribution in [-0.4, -0.2) is 17.0 Å². The van der Waals surface area contributed by atoms with E-state index in [1.165, 1.54) is 0 Å². The summed E-state index contributed by atoms with van der Waals surface area (Å²) >= 11 is 3.63. The molecule has 5 nitrogen and oxygen atoms in total. The summed E-state index contributed by atoms with van der Waals surface area (Å²) in [5.74, 6) is 1.10. The number of fused-ring (bicyclic) bond motifs is 3. The molecule has 27 heavy (non-hydrogen) atoms. The molecule has 1 amide bonds. The summed E-state index contributed by atoms with van der Waals surface area (Å²) in [6.07, 6.45) is 3.58. The molecule has 0 spiro atoms. The van der Waals surface area contributed by atoms with Crippen LogP contribution in [0.15, 0.2) is 21.4 Å². The van der Waals surface area contributed by atoms with E-state index in [4.69, 9.17) is 4.74 Å². The minimum absolute atomic E-state index is 0.151. The van der Waals surface area contributed by atoms with Crippen molar-refractivity contribution in [1.29, 1.82) is 0 Å². The van der Waals surface area contributed by atoms with Crippen LogP contribution >= 0.6 is 15.9 Å². The molecule has 2 aromatic rings. The van der Waals surface area contributed by atoms with Gasteiger partial charge in [0.2, 0.25) is 0 Å². The second kappa shape index (κ2) is 6.82. The van der Waals surface area contributed by atoms with Gasteiger partial charge in [0.1, 0.15) is 11.9 Å². The highest BCUT2D eigenvalue weighted by Gasteiger charge is 2.40. The highest BCUT2D eigenvalue weighted by atomic mass is 79.9. The third-order valence-corrected chi connectivity index (χ3v) is 6.73. The zero-order chi connectivity index (χ0) is 19.3. The molecule has 4 rings (SSSR count). The molecule has 0 unspecified atom stereocenters. The van der Waals surface area contributed by atoms with E-state index in [0.717, 1.165) is 51.9 Å². The molecule has 2 atom stereocenters. The minimum Gasteiger partial charge on any atom is -0.488 e. The van der Waals surface area contributed by atoms with Crippen molar-refractivity contribution in [3.05, 3.63) is 60.5 Å². The smallest absolute Gasteiger partial charge is 0.253 e. The number of rotatable bonds is 3. The van der Waals surface area contributed by atoms with Gasteiger partial charge < -0.3 is 15.0 Å². The number of hydrogen-bond donors (Lipinski definition) is 2. The number of amides is 1. The van der Waals surface area contributed by atoms with Crippen LogP contribution in [0.1, 0.15) is 63.5 Å². The normalized spacial score (nSPS) is 20.1. The summed E-state index contributed by atoms with van der Waals surface area (Å²) in [5.41, 5.74) is 4.76. The van der Waals surface area contributed by atoms with E-state index < -0.39 is 0 Å². The maximum absolute atomic E-state index is 12.9. The van der Waals surface area contributed by atoms with Crippen molar-refractivity contribution in [3.63, 3.8) is 0 Å². The van der Waals surface area contributed by atoms with Gasteiger partial charge in [-0.05, 0) is 79.2 Å². The van der Waals surface area contributed by atoms with E-state index in [-0.39, 0.29) is 24.1 Å². The quantitative estimate of drug-likeness (QED) is 0.771. The molecule has 0 bridgehead atoms. The first kappa shape index (κ1) is 18.3. The SMILES string of the molecule is Cc1cc(C)c(CNC(=O)c2cc3c(c(Br)c2C)O[C@H]2CCC[C@@H]32)c(=O)[nH]1. The monoisotopic (exact) mass is 430 g/mol. The van der Waals surface area contributed by atoms with Crippen molar-refractivity contribution in [2.45, 2.75) is 58.6 Å². The fourth-order valence-corrected chi connectivity index (χ4v) is 4.85. The van der Waals surface area contributed by atoms with Crippen LogP contribution in [0.4, 0.5) is 0 Å². The first-order valence-corrected chi connectivity index (χ1v) is 10.1. The Morgan fingerprint density at radius 3 is 2.81 bits per heavy atom. The van der Waals surface area contributed by atoms with Gasteiger partial charge in [-0.2, -0.15) is 0 Å². The number of H-pyrrole nitrogens is 1. The molecule has 142 valence electrons. The van der Waals surface area contributed by atoms with Gasteiger partial charge in [-0.15, -0.1) is 0 Å². The van der Waals surface area contributed by atoms with Gasteiger partial charge >= 0.3 is 0 Å². The number of aryl methyl sites for hydroxylation is 2. The van der Waals surface area contributed by atoms with E-state index in [2.05, 4.69) is 26.2 Å². The fraction of sp³-hybridized carbons (Fsp3) is 0.429. The number of aromatic amines is 1. The van der Waals surface area contributed by atoms with Crippen LogP contribution in [0.3, 0.4) is 0 Å².